The second kappa shape index (κ2) is 7.10. The van der Waals surface area contributed by atoms with E-state index in [2.05, 4.69) is 0 Å². The molecule has 0 spiro atoms. The molecule has 0 aliphatic heterocycles. The Kier molecular flexibility index (Phi) is 5.85. The van der Waals surface area contributed by atoms with Crippen molar-refractivity contribution in [2.24, 2.45) is 0 Å². The molecule has 0 fully saturated rings. The van der Waals surface area contributed by atoms with Gasteiger partial charge in [-0.25, -0.2) is 43.9 Å². The average Bonchev–Trinajstić information content (AvgIpc) is 2.59. The van der Waals surface area contributed by atoms with E-state index in [9.17, 15) is 43.9 Å². The van der Waals surface area contributed by atoms with Gasteiger partial charge in [0.1, 0.15) is 0 Å². The van der Waals surface area contributed by atoms with Gasteiger partial charge in [-0.3, -0.25) is 0 Å². The molecule has 0 N–H and O–H groups in total. The van der Waals surface area contributed by atoms with Gasteiger partial charge in [-0.15, -0.1) is 0 Å². The summed E-state index contributed by atoms with van der Waals surface area (Å²) in [7, 11) is 0. The molecule has 0 amide bonds. The summed E-state index contributed by atoms with van der Waals surface area (Å²) in [4.78, 5) is 0. The molecule has 0 saturated heterocycles. The highest BCUT2D eigenvalue weighted by atomic mass is 19.2. The van der Waals surface area contributed by atoms with Crippen LogP contribution in [0.25, 0.3) is 11.1 Å². The second-order valence-corrected chi connectivity index (χ2v) is 3.89. The van der Waals surface area contributed by atoms with Crippen molar-refractivity contribution in [3.63, 3.8) is 0 Å². The molecule has 0 saturated carbocycles. The van der Waals surface area contributed by atoms with Crippen LogP contribution in [0.1, 0.15) is 13.8 Å². The minimum absolute atomic E-state index is 2.00. The summed E-state index contributed by atoms with van der Waals surface area (Å²) < 4.78 is 131. The highest BCUT2D eigenvalue weighted by Crippen LogP contribution is 2.37. The van der Waals surface area contributed by atoms with E-state index in [1.54, 1.807) is 0 Å². The topological polar surface area (TPSA) is 0 Å². The SMILES string of the molecule is CC.Fc1c(F)c(F)c(-c2c(F)c(F)c(F)c(F)c2F)c(F)c1F. The van der Waals surface area contributed by atoms with E-state index in [1.807, 2.05) is 13.8 Å². The molecule has 0 aliphatic carbocycles. The fourth-order valence-electron chi connectivity index (χ4n) is 1.65. The number of rotatable bonds is 1. The van der Waals surface area contributed by atoms with E-state index >= 15 is 0 Å². The van der Waals surface area contributed by atoms with E-state index in [-0.39, 0.29) is 0 Å². The lowest BCUT2D eigenvalue weighted by Gasteiger charge is -2.11. The molecule has 10 heteroatoms. The van der Waals surface area contributed by atoms with E-state index in [0.29, 0.717) is 0 Å². The summed E-state index contributed by atoms with van der Waals surface area (Å²) in [5.74, 6) is -26.6. The molecule has 0 nitrogen and oxygen atoms in total. The minimum Gasteiger partial charge on any atom is -0.203 e. The predicted molar refractivity (Wildman–Crippen MR) is 62.8 cm³/mol. The molecular weight excluding hydrogens is 358 g/mol. The van der Waals surface area contributed by atoms with Crippen LogP contribution < -0.4 is 0 Å². The van der Waals surface area contributed by atoms with Crippen molar-refractivity contribution in [2.75, 3.05) is 0 Å². The molecule has 0 heterocycles. The first kappa shape index (κ1) is 19.8. The summed E-state index contributed by atoms with van der Waals surface area (Å²) in [6, 6.07) is 0. The third-order valence-electron chi connectivity index (χ3n) is 2.67. The summed E-state index contributed by atoms with van der Waals surface area (Å²) in [6.45, 7) is 4.00. The first-order chi connectivity index (χ1) is 11.1. The Hall–Kier alpha value is -2.26. The molecule has 0 aliphatic rings. The normalized spacial score (nSPS) is 10.5. The van der Waals surface area contributed by atoms with Crippen LogP contribution in [0.3, 0.4) is 0 Å². The van der Waals surface area contributed by atoms with Crippen LogP contribution in [0.5, 0.6) is 0 Å². The van der Waals surface area contributed by atoms with E-state index in [0.717, 1.165) is 0 Å². The van der Waals surface area contributed by atoms with Crippen molar-refractivity contribution in [1.82, 2.24) is 0 Å². The summed E-state index contributed by atoms with van der Waals surface area (Å²) in [6.07, 6.45) is 0. The van der Waals surface area contributed by atoms with Gasteiger partial charge in [0.05, 0.1) is 11.1 Å². The van der Waals surface area contributed by atoms with Crippen molar-refractivity contribution < 1.29 is 43.9 Å². The van der Waals surface area contributed by atoms with Crippen molar-refractivity contribution in [1.29, 1.82) is 0 Å². The maximum atomic E-state index is 13.4. The fraction of sp³-hybridized carbons (Fsp3) is 0.143. The molecule has 2 aromatic carbocycles. The molecule has 0 unspecified atom stereocenters. The Bertz CT molecular complexity index is 672. The van der Waals surface area contributed by atoms with Gasteiger partial charge in [0.2, 0.25) is 11.6 Å². The zero-order chi connectivity index (χ0) is 18.9. The lowest BCUT2D eigenvalue weighted by molar-refractivity contribution is 0.370. The van der Waals surface area contributed by atoms with Gasteiger partial charge in [-0.1, -0.05) is 13.8 Å². The number of hydrogen-bond donors (Lipinski definition) is 0. The van der Waals surface area contributed by atoms with Crippen molar-refractivity contribution >= 4 is 0 Å². The van der Waals surface area contributed by atoms with E-state index < -0.39 is 69.3 Å². The Morgan fingerprint density at radius 1 is 0.292 bits per heavy atom. The first-order valence-corrected chi connectivity index (χ1v) is 6.14. The molecule has 0 bridgehead atoms. The highest BCUT2D eigenvalue weighted by molar-refractivity contribution is 5.67. The van der Waals surface area contributed by atoms with Gasteiger partial charge in [0.25, 0.3) is 0 Å². The van der Waals surface area contributed by atoms with Crippen LogP contribution in [0.2, 0.25) is 0 Å². The van der Waals surface area contributed by atoms with E-state index in [1.165, 1.54) is 0 Å². The van der Waals surface area contributed by atoms with Crippen LogP contribution >= 0.6 is 0 Å². The largest absolute Gasteiger partial charge is 0.203 e. The Morgan fingerprint density at radius 2 is 0.417 bits per heavy atom. The van der Waals surface area contributed by atoms with Crippen molar-refractivity contribution in [2.45, 2.75) is 13.8 Å². The molecule has 0 aromatic heterocycles. The third kappa shape index (κ3) is 2.80. The van der Waals surface area contributed by atoms with Gasteiger partial charge in [0.15, 0.2) is 46.5 Å². The Labute approximate surface area is 128 Å². The Balaban J connectivity index is 0.00000139. The first-order valence-electron chi connectivity index (χ1n) is 6.14. The molecule has 0 radical (unpaired) electrons. The molecule has 132 valence electrons. The third-order valence-corrected chi connectivity index (χ3v) is 2.67. The predicted octanol–water partition coefficient (Wildman–Crippen LogP) is 5.77. The van der Waals surface area contributed by atoms with Crippen molar-refractivity contribution in [3.05, 3.63) is 58.2 Å². The minimum atomic E-state index is -2.68. The molecule has 0 atom stereocenters. The highest BCUT2D eigenvalue weighted by Gasteiger charge is 2.34. The lowest BCUT2D eigenvalue weighted by Crippen LogP contribution is -2.10. The van der Waals surface area contributed by atoms with Gasteiger partial charge in [-0.05, 0) is 0 Å². The van der Waals surface area contributed by atoms with Crippen LogP contribution in [0.4, 0.5) is 43.9 Å². The number of hydrogen-bond acceptors (Lipinski definition) is 0. The summed E-state index contributed by atoms with van der Waals surface area (Å²) >= 11 is 0. The van der Waals surface area contributed by atoms with Gasteiger partial charge in [0, 0.05) is 0 Å². The quantitative estimate of drug-likeness (QED) is 0.342. The number of halogens is 10. The lowest BCUT2D eigenvalue weighted by atomic mass is 10.0. The fourth-order valence-corrected chi connectivity index (χ4v) is 1.65. The second-order valence-electron chi connectivity index (χ2n) is 3.89. The van der Waals surface area contributed by atoms with Gasteiger partial charge < -0.3 is 0 Å². The van der Waals surface area contributed by atoms with Crippen LogP contribution in [0, 0.1) is 58.2 Å². The van der Waals surface area contributed by atoms with Gasteiger partial charge >= 0.3 is 0 Å². The van der Waals surface area contributed by atoms with Crippen LogP contribution in [-0.4, -0.2) is 0 Å². The maximum Gasteiger partial charge on any atom is 0.200 e. The Morgan fingerprint density at radius 3 is 0.583 bits per heavy atom. The van der Waals surface area contributed by atoms with E-state index in [4.69, 9.17) is 0 Å². The zero-order valence-electron chi connectivity index (χ0n) is 11.8. The number of benzene rings is 2. The standard InChI is InChI=1S/C12F10.C2H6/c13-3-1(4(14)8(18)11(21)7(3)17)2-5(15)9(19)12(22)10(20)6(2)16;1-2/h;1-2H3. The summed E-state index contributed by atoms with van der Waals surface area (Å²) in [5.41, 5.74) is -4.52. The van der Waals surface area contributed by atoms with Crippen LogP contribution in [0.15, 0.2) is 0 Å². The van der Waals surface area contributed by atoms with Crippen molar-refractivity contribution in [3.8, 4) is 11.1 Å². The zero-order valence-corrected chi connectivity index (χ0v) is 11.8. The monoisotopic (exact) mass is 364 g/mol. The molecular formula is C14H6F10. The van der Waals surface area contributed by atoms with Gasteiger partial charge in [-0.2, -0.15) is 0 Å². The maximum absolute atomic E-state index is 13.4. The summed E-state index contributed by atoms with van der Waals surface area (Å²) in [5, 5.41) is 0. The molecule has 2 aromatic rings. The molecule has 2 rings (SSSR count). The van der Waals surface area contributed by atoms with Crippen LogP contribution in [-0.2, 0) is 0 Å². The average molecular weight is 364 g/mol. The smallest absolute Gasteiger partial charge is 0.200 e. The molecule has 24 heavy (non-hydrogen) atoms.